The van der Waals surface area contributed by atoms with Crippen LogP contribution in [0.5, 0.6) is 0 Å². The Morgan fingerprint density at radius 1 is 0.966 bits per heavy atom. The predicted octanol–water partition coefficient (Wildman–Crippen LogP) is 3.58. The summed E-state index contributed by atoms with van der Waals surface area (Å²) in [7, 11) is 2.22. The highest BCUT2D eigenvalue weighted by Crippen LogP contribution is 2.07. The van der Waals surface area contributed by atoms with Gasteiger partial charge in [0.15, 0.2) is 5.96 Å². The van der Waals surface area contributed by atoms with Crippen molar-refractivity contribution >= 4 is 11.6 Å². The summed E-state index contributed by atoms with van der Waals surface area (Å²) in [5, 5.41) is 6.95. The minimum atomic E-state index is 0.668. The summed E-state index contributed by atoms with van der Waals surface area (Å²) in [6, 6.07) is 18.8. The van der Waals surface area contributed by atoms with Gasteiger partial charge in [-0.25, -0.2) is 4.99 Å². The minimum Gasteiger partial charge on any atom is -0.356 e. The minimum absolute atomic E-state index is 0.668. The van der Waals surface area contributed by atoms with Crippen LogP contribution < -0.4 is 10.6 Å². The van der Waals surface area contributed by atoms with Crippen molar-refractivity contribution in [1.29, 1.82) is 0 Å². The molecule has 0 bridgehead atoms. The van der Waals surface area contributed by atoms with Crippen molar-refractivity contribution in [2.75, 3.05) is 51.6 Å². The fraction of sp³-hybridized carbons (Fsp3) is 0.458. The number of guanidine groups is 1. The summed E-state index contributed by atoms with van der Waals surface area (Å²) in [5.41, 5.74) is 3.55. The molecule has 0 radical (unpaired) electrons. The molecule has 1 aliphatic rings. The van der Waals surface area contributed by atoms with Crippen molar-refractivity contribution in [3.63, 3.8) is 0 Å². The SMILES string of the molecule is Cc1ccc(CN=C(NCCCN2CCCN(C)CC2)Nc2ccccc2)cc1. The number of likely N-dealkylation sites (N-methyl/N-ethyl adjacent to an activating group) is 1. The molecular formula is C24H35N5. The molecule has 0 unspecified atom stereocenters. The van der Waals surface area contributed by atoms with E-state index in [1.807, 2.05) is 18.2 Å². The molecule has 1 heterocycles. The number of benzene rings is 2. The van der Waals surface area contributed by atoms with Crippen molar-refractivity contribution < 1.29 is 0 Å². The number of nitrogens with one attached hydrogen (secondary N) is 2. The number of anilines is 1. The largest absolute Gasteiger partial charge is 0.356 e. The van der Waals surface area contributed by atoms with Gasteiger partial charge in [0.05, 0.1) is 6.54 Å². The smallest absolute Gasteiger partial charge is 0.196 e. The molecule has 1 fully saturated rings. The number of hydrogen-bond donors (Lipinski definition) is 2. The second-order valence-electron chi connectivity index (χ2n) is 7.92. The van der Waals surface area contributed by atoms with E-state index in [2.05, 4.69) is 70.8 Å². The second-order valence-corrected chi connectivity index (χ2v) is 7.92. The Hall–Kier alpha value is -2.37. The van der Waals surface area contributed by atoms with Crippen LogP contribution in [0.3, 0.4) is 0 Å². The molecule has 2 aromatic rings. The van der Waals surface area contributed by atoms with E-state index in [4.69, 9.17) is 4.99 Å². The Morgan fingerprint density at radius 3 is 2.55 bits per heavy atom. The zero-order valence-corrected chi connectivity index (χ0v) is 17.9. The van der Waals surface area contributed by atoms with Crippen LogP contribution in [0.1, 0.15) is 24.0 Å². The van der Waals surface area contributed by atoms with Crippen LogP contribution in [-0.4, -0.2) is 62.1 Å². The zero-order valence-electron chi connectivity index (χ0n) is 17.9. The van der Waals surface area contributed by atoms with Gasteiger partial charge in [-0.1, -0.05) is 48.0 Å². The fourth-order valence-electron chi connectivity index (χ4n) is 3.49. The van der Waals surface area contributed by atoms with Crippen LogP contribution in [-0.2, 0) is 6.54 Å². The molecule has 0 atom stereocenters. The molecule has 5 heteroatoms. The highest BCUT2D eigenvalue weighted by atomic mass is 15.2. The summed E-state index contributed by atoms with van der Waals surface area (Å²) >= 11 is 0. The van der Waals surface area contributed by atoms with Gasteiger partial charge in [0.25, 0.3) is 0 Å². The van der Waals surface area contributed by atoms with Crippen LogP contribution in [0.15, 0.2) is 59.6 Å². The Morgan fingerprint density at radius 2 is 1.76 bits per heavy atom. The fourth-order valence-corrected chi connectivity index (χ4v) is 3.49. The molecule has 3 rings (SSSR count). The van der Waals surface area contributed by atoms with Crippen LogP contribution in [0.2, 0.25) is 0 Å². The van der Waals surface area contributed by atoms with E-state index in [-0.39, 0.29) is 0 Å². The normalized spacial score (nSPS) is 16.4. The standard InChI is InChI=1S/C24H35N5/c1-21-10-12-22(13-11-21)20-26-24(27-23-8-4-3-5-9-23)25-14-6-16-29-17-7-15-28(2)18-19-29/h3-5,8-13H,6-7,14-20H2,1-2H3,(H2,25,26,27). The molecule has 0 amide bonds. The van der Waals surface area contributed by atoms with Crippen molar-refractivity contribution in [3.8, 4) is 0 Å². The van der Waals surface area contributed by atoms with Crippen LogP contribution in [0.4, 0.5) is 5.69 Å². The Balaban J connectivity index is 1.51. The molecule has 2 N–H and O–H groups in total. The van der Waals surface area contributed by atoms with Gasteiger partial charge in [-0.05, 0) is 64.1 Å². The van der Waals surface area contributed by atoms with Crippen LogP contribution >= 0.6 is 0 Å². The molecule has 2 aromatic carbocycles. The lowest BCUT2D eigenvalue weighted by atomic mass is 10.1. The van der Waals surface area contributed by atoms with Gasteiger partial charge < -0.3 is 20.4 Å². The summed E-state index contributed by atoms with van der Waals surface area (Å²) < 4.78 is 0. The first-order valence-electron chi connectivity index (χ1n) is 10.8. The molecule has 29 heavy (non-hydrogen) atoms. The topological polar surface area (TPSA) is 42.9 Å². The van der Waals surface area contributed by atoms with Gasteiger partial charge >= 0.3 is 0 Å². The van der Waals surface area contributed by atoms with Crippen LogP contribution in [0, 0.1) is 6.92 Å². The third-order valence-electron chi connectivity index (χ3n) is 5.33. The number of rotatable bonds is 7. The first-order valence-corrected chi connectivity index (χ1v) is 10.8. The molecule has 0 spiro atoms. The van der Waals surface area contributed by atoms with Gasteiger partial charge in [-0.2, -0.15) is 0 Å². The maximum absolute atomic E-state index is 4.80. The number of aliphatic imine (C=N–C) groups is 1. The van der Waals surface area contributed by atoms with Crippen molar-refractivity contribution in [3.05, 3.63) is 65.7 Å². The number of aryl methyl sites for hydroxylation is 1. The molecule has 1 aliphatic heterocycles. The maximum atomic E-state index is 4.80. The quantitative estimate of drug-likeness (QED) is 0.429. The molecule has 5 nitrogen and oxygen atoms in total. The highest BCUT2D eigenvalue weighted by Gasteiger charge is 2.11. The first kappa shape index (κ1) is 21.3. The molecule has 0 aromatic heterocycles. The van der Waals surface area contributed by atoms with Gasteiger partial charge in [0, 0.05) is 25.3 Å². The molecule has 1 saturated heterocycles. The van der Waals surface area contributed by atoms with Gasteiger partial charge in [0.2, 0.25) is 0 Å². The van der Waals surface area contributed by atoms with E-state index in [1.165, 1.54) is 43.7 Å². The number of nitrogens with zero attached hydrogens (tertiary/aromatic N) is 3. The van der Waals surface area contributed by atoms with E-state index >= 15 is 0 Å². The van der Waals surface area contributed by atoms with Crippen LogP contribution in [0.25, 0.3) is 0 Å². The van der Waals surface area contributed by atoms with Gasteiger partial charge in [-0.15, -0.1) is 0 Å². The third kappa shape index (κ3) is 7.87. The summed E-state index contributed by atoms with van der Waals surface area (Å²) in [6.07, 6.45) is 2.38. The van der Waals surface area contributed by atoms with E-state index in [1.54, 1.807) is 0 Å². The summed E-state index contributed by atoms with van der Waals surface area (Å²) in [6.45, 7) is 9.60. The van der Waals surface area contributed by atoms with E-state index in [0.29, 0.717) is 6.54 Å². The zero-order chi connectivity index (χ0) is 20.3. The highest BCUT2D eigenvalue weighted by molar-refractivity contribution is 5.93. The van der Waals surface area contributed by atoms with Crippen molar-refractivity contribution in [2.24, 2.45) is 4.99 Å². The maximum Gasteiger partial charge on any atom is 0.196 e. The van der Waals surface area contributed by atoms with E-state index < -0.39 is 0 Å². The third-order valence-corrected chi connectivity index (χ3v) is 5.33. The van der Waals surface area contributed by atoms with E-state index in [0.717, 1.165) is 31.2 Å². The lowest BCUT2D eigenvalue weighted by Crippen LogP contribution is -2.35. The van der Waals surface area contributed by atoms with E-state index in [9.17, 15) is 0 Å². The Kier molecular flexibility index (Phi) is 8.53. The lowest BCUT2D eigenvalue weighted by molar-refractivity contribution is 0.274. The summed E-state index contributed by atoms with van der Waals surface area (Å²) in [4.78, 5) is 9.81. The predicted molar refractivity (Wildman–Crippen MR) is 124 cm³/mol. The average Bonchev–Trinajstić information content (AvgIpc) is 2.95. The van der Waals surface area contributed by atoms with Gasteiger partial charge in [0.1, 0.15) is 0 Å². The van der Waals surface area contributed by atoms with Gasteiger partial charge in [-0.3, -0.25) is 0 Å². The average molecular weight is 394 g/mol. The van der Waals surface area contributed by atoms with Crippen molar-refractivity contribution in [2.45, 2.75) is 26.3 Å². The molecule has 0 saturated carbocycles. The first-order chi connectivity index (χ1) is 14.2. The number of para-hydroxylation sites is 1. The van der Waals surface area contributed by atoms with Crippen molar-refractivity contribution in [1.82, 2.24) is 15.1 Å². The summed E-state index contributed by atoms with van der Waals surface area (Å²) in [5.74, 6) is 0.840. The lowest BCUT2D eigenvalue weighted by Gasteiger charge is -2.20. The monoisotopic (exact) mass is 393 g/mol. The molecule has 0 aliphatic carbocycles. The second kappa shape index (κ2) is 11.6. The molecular weight excluding hydrogens is 358 g/mol. The Bertz CT molecular complexity index is 742. The molecule has 156 valence electrons. The Labute approximate surface area is 175 Å². The number of hydrogen-bond acceptors (Lipinski definition) is 3.